The molecule has 15 nitrogen and oxygen atoms in total. The van der Waals surface area contributed by atoms with Gasteiger partial charge >= 0.3 is 17.9 Å². The number of rotatable bonds is 12. The van der Waals surface area contributed by atoms with E-state index in [0.29, 0.717) is 29.0 Å². The summed E-state index contributed by atoms with van der Waals surface area (Å²) in [6, 6.07) is 9.00. The number of methoxy groups -OCH3 is 2. The summed E-state index contributed by atoms with van der Waals surface area (Å²) < 4.78 is 21.2. The SMILES string of the molecule is COc1cc2c(cc1OC)CN(C(=O)C(C)NC(CCc1ccccc1)C(=O)O)C(C(=O)OC1OC(C(=O)O)C(O)C(O)C1O)C2. The van der Waals surface area contributed by atoms with Crippen molar-refractivity contribution in [3.63, 3.8) is 0 Å². The molecule has 0 aliphatic carbocycles. The van der Waals surface area contributed by atoms with Crippen molar-refractivity contribution in [2.75, 3.05) is 14.2 Å². The molecule has 46 heavy (non-hydrogen) atoms. The number of carboxylic acids is 2. The zero-order chi connectivity index (χ0) is 33.7. The molecule has 1 saturated heterocycles. The first-order chi connectivity index (χ1) is 21.9. The van der Waals surface area contributed by atoms with Crippen LogP contribution in [0.25, 0.3) is 0 Å². The van der Waals surface area contributed by atoms with Crippen molar-refractivity contribution in [1.82, 2.24) is 10.2 Å². The van der Waals surface area contributed by atoms with Gasteiger partial charge in [0.15, 0.2) is 17.6 Å². The summed E-state index contributed by atoms with van der Waals surface area (Å²) in [4.78, 5) is 52.3. The van der Waals surface area contributed by atoms with Crippen molar-refractivity contribution in [2.45, 2.75) is 81.6 Å². The number of fused-ring (bicyclic) bond motifs is 1. The number of hydrogen-bond donors (Lipinski definition) is 6. The maximum atomic E-state index is 13.9. The lowest BCUT2D eigenvalue weighted by Gasteiger charge is -2.41. The van der Waals surface area contributed by atoms with Gasteiger partial charge in [0.1, 0.15) is 30.4 Å². The molecule has 0 aromatic heterocycles. The highest BCUT2D eigenvalue weighted by atomic mass is 16.7. The predicted octanol–water partition coefficient (Wildman–Crippen LogP) is -0.543. The van der Waals surface area contributed by atoms with Crippen LogP contribution in [0.5, 0.6) is 11.5 Å². The normalized spacial score (nSPS) is 25.5. The fourth-order valence-electron chi connectivity index (χ4n) is 5.55. The number of aliphatic hydroxyl groups is 3. The number of benzene rings is 2. The first kappa shape index (κ1) is 34.6. The molecule has 15 heteroatoms. The minimum absolute atomic E-state index is 0.111. The zero-order valence-electron chi connectivity index (χ0n) is 25.4. The molecule has 0 radical (unpaired) electrons. The molecule has 2 aromatic rings. The largest absolute Gasteiger partial charge is 0.493 e. The lowest BCUT2D eigenvalue weighted by Crippen LogP contribution is -2.62. The van der Waals surface area contributed by atoms with E-state index in [0.717, 1.165) is 5.56 Å². The summed E-state index contributed by atoms with van der Waals surface area (Å²) >= 11 is 0. The van der Waals surface area contributed by atoms with Crippen LogP contribution < -0.4 is 14.8 Å². The van der Waals surface area contributed by atoms with Crippen molar-refractivity contribution in [2.24, 2.45) is 0 Å². The zero-order valence-corrected chi connectivity index (χ0v) is 25.4. The van der Waals surface area contributed by atoms with Crippen molar-refractivity contribution < 1.29 is 63.7 Å². The maximum Gasteiger partial charge on any atom is 0.335 e. The third-order valence-electron chi connectivity index (χ3n) is 8.12. The number of amides is 1. The van der Waals surface area contributed by atoms with Crippen molar-refractivity contribution in [1.29, 1.82) is 0 Å². The molecular formula is C31H38N2O13. The van der Waals surface area contributed by atoms with E-state index in [1.54, 1.807) is 12.1 Å². The summed E-state index contributed by atoms with van der Waals surface area (Å²) in [6.07, 6.45) is -9.51. The number of esters is 1. The number of aliphatic carboxylic acids is 2. The molecule has 250 valence electrons. The van der Waals surface area contributed by atoms with Gasteiger partial charge in [-0.3, -0.25) is 14.9 Å². The predicted molar refractivity (Wildman–Crippen MR) is 157 cm³/mol. The number of ether oxygens (including phenoxy) is 4. The number of carbonyl (C=O) groups excluding carboxylic acids is 2. The topological polar surface area (TPSA) is 222 Å². The van der Waals surface area contributed by atoms with E-state index in [1.165, 1.54) is 26.0 Å². The Morgan fingerprint density at radius 3 is 2.17 bits per heavy atom. The van der Waals surface area contributed by atoms with Crippen molar-refractivity contribution in [3.05, 3.63) is 59.2 Å². The Bertz CT molecular complexity index is 1420. The molecule has 2 heterocycles. The number of carboxylic acid groups (broad SMARTS) is 2. The lowest BCUT2D eigenvalue weighted by atomic mass is 9.92. The summed E-state index contributed by atoms with van der Waals surface area (Å²) in [5.41, 5.74) is 2.13. The van der Waals surface area contributed by atoms with Crippen LogP contribution in [0, 0.1) is 0 Å². The Balaban J connectivity index is 1.59. The number of carbonyl (C=O) groups is 4. The van der Waals surface area contributed by atoms with Gasteiger partial charge < -0.3 is 49.4 Å². The van der Waals surface area contributed by atoms with Gasteiger partial charge in [-0.2, -0.15) is 0 Å². The molecule has 8 atom stereocenters. The highest BCUT2D eigenvalue weighted by Gasteiger charge is 2.50. The molecule has 2 aromatic carbocycles. The van der Waals surface area contributed by atoms with E-state index in [4.69, 9.17) is 18.9 Å². The lowest BCUT2D eigenvalue weighted by molar-refractivity contribution is -0.287. The number of aliphatic hydroxyl groups excluding tert-OH is 3. The van der Waals surface area contributed by atoms with Crippen LogP contribution in [0.1, 0.15) is 30.0 Å². The minimum atomic E-state index is -2.01. The highest BCUT2D eigenvalue weighted by molar-refractivity contribution is 5.89. The average molecular weight is 647 g/mol. The molecule has 0 saturated carbocycles. The number of nitrogens with zero attached hydrogens (tertiary/aromatic N) is 1. The average Bonchev–Trinajstić information content (AvgIpc) is 3.05. The Hall–Kier alpha value is -4.28. The second-order valence-corrected chi connectivity index (χ2v) is 11.1. The van der Waals surface area contributed by atoms with Crippen LogP contribution in [0.15, 0.2) is 42.5 Å². The first-order valence-corrected chi connectivity index (χ1v) is 14.6. The Kier molecular flexibility index (Phi) is 11.2. The molecule has 4 rings (SSSR count). The molecule has 1 amide bonds. The van der Waals surface area contributed by atoms with Crippen LogP contribution in [0.4, 0.5) is 0 Å². The van der Waals surface area contributed by atoms with E-state index in [1.807, 2.05) is 30.3 Å². The number of hydrogen-bond acceptors (Lipinski definition) is 12. The number of aryl methyl sites for hydroxylation is 1. The fourth-order valence-corrected chi connectivity index (χ4v) is 5.55. The van der Waals surface area contributed by atoms with Gasteiger partial charge in [-0.1, -0.05) is 30.3 Å². The third kappa shape index (κ3) is 7.57. The summed E-state index contributed by atoms with van der Waals surface area (Å²) in [7, 11) is 2.87. The van der Waals surface area contributed by atoms with Gasteiger partial charge in [0.25, 0.3) is 0 Å². The van der Waals surface area contributed by atoms with E-state index < -0.39 is 72.6 Å². The van der Waals surface area contributed by atoms with Crippen LogP contribution in [-0.4, -0.2) is 117 Å². The van der Waals surface area contributed by atoms with Gasteiger partial charge in [-0.05, 0) is 48.6 Å². The van der Waals surface area contributed by atoms with Crippen LogP contribution in [-0.2, 0) is 48.0 Å². The molecule has 0 spiro atoms. The fraction of sp³-hybridized carbons (Fsp3) is 0.484. The van der Waals surface area contributed by atoms with E-state index in [-0.39, 0.29) is 19.4 Å². The first-order valence-electron chi connectivity index (χ1n) is 14.6. The minimum Gasteiger partial charge on any atom is -0.493 e. The molecule has 2 aliphatic heterocycles. The van der Waals surface area contributed by atoms with Gasteiger partial charge in [0.2, 0.25) is 12.2 Å². The Morgan fingerprint density at radius 2 is 1.59 bits per heavy atom. The van der Waals surface area contributed by atoms with Gasteiger partial charge in [0, 0.05) is 13.0 Å². The van der Waals surface area contributed by atoms with Gasteiger partial charge in [-0.15, -0.1) is 0 Å². The third-order valence-corrected chi connectivity index (χ3v) is 8.12. The van der Waals surface area contributed by atoms with Crippen LogP contribution in [0.3, 0.4) is 0 Å². The second kappa shape index (κ2) is 14.9. The molecule has 6 N–H and O–H groups in total. The van der Waals surface area contributed by atoms with Crippen LogP contribution in [0.2, 0.25) is 0 Å². The molecule has 1 fully saturated rings. The quantitative estimate of drug-likeness (QED) is 0.160. The Labute approximate surface area is 264 Å². The van der Waals surface area contributed by atoms with E-state index in [2.05, 4.69) is 5.32 Å². The second-order valence-electron chi connectivity index (χ2n) is 11.1. The van der Waals surface area contributed by atoms with Gasteiger partial charge in [-0.25, -0.2) is 9.59 Å². The molecular weight excluding hydrogens is 608 g/mol. The Morgan fingerprint density at radius 1 is 0.957 bits per heavy atom. The monoisotopic (exact) mass is 646 g/mol. The van der Waals surface area contributed by atoms with Crippen molar-refractivity contribution >= 4 is 23.8 Å². The van der Waals surface area contributed by atoms with E-state index in [9.17, 15) is 44.7 Å². The number of nitrogens with one attached hydrogen (secondary N) is 1. The summed E-state index contributed by atoms with van der Waals surface area (Å²) in [5, 5.41) is 52.6. The molecule has 0 bridgehead atoms. The van der Waals surface area contributed by atoms with Crippen molar-refractivity contribution in [3.8, 4) is 11.5 Å². The summed E-state index contributed by atoms with van der Waals surface area (Å²) in [6.45, 7) is 1.34. The highest BCUT2D eigenvalue weighted by Crippen LogP contribution is 2.35. The molecule has 8 unspecified atom stereocenters. The molecule has 2 aliphatic rings. The summed E-state index contributed by atoms with van der Waals surface area (Å²) in [5.74, 6) is -3.83. The smallest absolute Gasteiger partial charge is 0.335 e. The van der Waals surface area contributed by atoms with Crippen LogP contribution >= 0.6 is 0 Å². The van der Waals surface area contributed by atoms with E-state index >= 15 is 0 Å². The van der Waals surface area contributed by atoms with Gasteiger partial charge in [0.05, 0.1) is 20.3 Å². The maximum absolute atomic E-state index is 13.9. The standard InChI is InChI=1S/C31H38N2O13/c1-15(32-19(28(38)39)10-9-16-7-5-4-6-8-16)27(37)33-14-18-13-22(44-3)21(43-2)12-17(18)11-20(33)30(42)46-31-25(36)23(34)24(35)26(45-31)29(40)41/h4-8,12-13,15,19-20,23-26,31-32,34-36H,9-11,14H2,1-3H3,(H,38,39)(H,40,41).